The Morgan fingerprint density at radius 2 is 2.06 bits per heavy atom. The van der Waals surface area contributed by atoms with E-state index in [1.807, 2.05) is 0 Å². The molecule has 0 bridgehead atoms. The maximum Gasteiger partial charge on any atom is 0.262 e. The van der Waals surface area contributed by atoms with Gasteiger partial charge in [0.25, 0.3) is 10.0 Å². The summed E-state index contributed by atoms with van der Waals surface area (Å²) in [6.45, 7) is -0.335. The molecule has 0 atom stereocenters. The van der Waals surface area contributed by atoms with Crippen molar-refractivity contribution in [3.8, 4) is 0 Å². The topological polar surface area (TPSA) is 55.4 Å². The van der Waals surface area contributed by atoms with E-state index in [1.165, 1.54) is 18.2 Å². The van der Waals surface area contributed by atoms with Crippen molar-refractivity contribution in [3.63, 3.8) is 0 Å². The fourth-order valence-electron chi connectivity index (χ4n) is 0.933. The monoisotopic (exact) mass is 309 g/mol. The van der Waals surface area contributed by atoms with Crippen molar-refractivity contribution in [1.82, 2.24) is 4.72 Å². The summed E-state index contributed by atoms with van der Waals surface area (Å²) in [5.74, 6) is 0. The Balaban J connectivity index is 2.81. The van der Waals surface area contributed by atoms with Crippen LogP contribution in [0.2, 0.25) is 0 Å². The van der Waals surface area contributed by atoms with Gasteiger partial charge in [-0.15, -0.1) is 0 Å². The third-order valence-corrected chi connectivity index (χ3v) is 3.78. The molecule has 0 aliphatic rings. The summed E-state index contributed by atoms with van der Waals surface area (Å²) in [6.07, 6.45) is 1.21. The predicted molar refractivity (Wildman–Crippen MR) is 60.8 cm³/mol. The minimum atomic E-state index is -3.63. The van der Waals surface area contributed by atoms with E-state index in [4.69, 9.17) is 0 Å². The standard InChI is InChI=1S/C9H9BrFNO3S/c10-9(6-7-15-11)12-16(13,14)8-4-2-1-3-5-8/h1-6,12H,7H2. The minimum absolute atomic E-state index is 0.119. The van der Waals surface area contributed by atoms with Crippen LogP contribution in [-0.4, -0.2) is 15.0 Å². The second-order valence-electron chi connectivity index (χ2n) is 2.75. The highest BCUT2D eigenvalue weighted by Gasteiger charge is 2.13. The van der Waals surface area contributed by atoms with Crippen LogP contribution >= 0.6 is 15.9 Å². The Bertz CT molecular complexity index is 461. The third-order valence-electron chi connectivity index (χ3n) is 1.61. The van der Waals surface area contributed by atoms with Crippen molar-refractivity contribution in [2.75, 3.05) is 6.61 Å². The Labute approximate surface area is 101 Å². The molecule has 1 N–H and O–H groups in total. The molecule has 16 heavy (non-hydrogen) atoms. The fourth-order valence-corrected chi connectivity index (χ4v) is 2.68. The molecule has 88 valence electrons. The maximum atomic E-state index is 11.7. The van der Waals surface area contributed by atoms with Gasteiger partial charge in [0.15, 0.2) is 0 Å². The SMILES string of the molecule is O=S(=O)(NC(Br)=CCOF)c1ccccc1. The van der Waals surface area contributed by atoms with Crippen molar-refractivity contribution < 1.29 is 17.9 Å². The van der Waals surface area contributed by atoms with Crippen molar-refractivity contribution in [1.29, 1.82) is 0 Å². The Kier molecular flexibility index (Phi) is 4.91. The van der Waals surface area contributed by atoms with E-state index in [0.717, 1.165) is 0 Å². The molecule has 0 unspecified atom stereocenters. The largest absolute Gasteiger partial charge is 0.273 e. The van der Waals surface area contributed by atoms with Gasteiger partial charge in [0.2, 0.25) is 0 Å². The maximum absolute atomic E-state index is 11.7. The zero-order valence-corrected chi connectivity index (χ0v) is 10.5. The molecule has 1 aromatic rings. The van der Waals surface area contributed by atoms with Crippen LogP contribution in [0.25, 0.3) is 0 Å². The van der Waals surface area contributed by atoms with Crippen LogP contribution in [0.4, 0.5) is 4.53 Å². The molecule has 0 spiro atoms. The van der Waals surface area contributed by atoms with E-state index in [-0.39, 0.29) is 16.1 Å². The number of nitrogens with one attached hydrogen (secondary N) is 1. The lowest BCUT2D eigenvalue weighted by Gasteiger charge is -2.06. The molecule has 0 saturated carbocycles. The van der Waals surface area contributed by atoms with Crippen molar-refractivity contribution in [3.05, 3.63) is 41.0 Å². The summed E-state index contributed by atoms with van der Waals surface area (Å²) in [7, 11) is -3.63. The molecular formula is C9H9BrFNO3S. The molecule has 1 rings (SSSR count). The summed E-state index contributed by atoms with van der Waals surface area (Å²) in [5, 5.41) is 0. The fraction of sp³-hybridized carbons (Fsp3) is 0.111. The van der Waals surface area contributed by atoms with Gasteiger partial charge >= 0.3 is 0 Å². The molecule has 7 heteroatoms. The average Bonchev–Trinajstić information content (AvgIpc) is 2.27. The number of hydrogen-bond acceptors (Lipinski definition) is 3. The minimum Gasteiger partial charge on any atom is -0.273 e. The lowest BCUT2D eigenvalue weighted by atomic mass is 10.4. The van der Waals surface area contributed by atoms with Crippen LogP contribution in [0.15, 0.2) is 45.9 Å². The van der Waals surface area contributed by atoms with Gasteiger partial charge in [0.05, 0.1) is 9.50 Å². The highest BCUT2D eigenvalue weighted by atomic mass is 79.9. The smallest absolute Gasteiger partial charge is 0.262 e. The van der Waals surface area contributed by atoms with Crippen molar-refractivity contribution >= 4 is 26.0 Å². The molecule has 0 fully saturated rings. The van der Waals surface area contributed by atoms with E-state index in [9.17, 15) is 12.9 Å². The Morgan fingerprint density at radius 3 is 2.62 bits per heavy atom. The number of sulfonamides is 1. The predicted octanol–water partition coefficient (Wildman–Crippen LogP) is 2.10. The van der Waals surface area contributed by atoms with Crippen LogP contribution in [0, 0.1) is 0 Å². The van der Waals surface area contributed by atoms with Gasteiger partial charge in [0, 0.05) is 0 Å². The summed E-state index contributed by atoms with van der Waals surface area (Å²) in [4.78, 5) is 3.42. The normalized spacial score (nSPS) is 12.5. The molecule has 0 saturated heterocycles. The van der Waals surface area contributed by atoms with E-state index >= 15 is 0 Å². The molecule has 4 nitrogen and oxygen atoms in total. The van der Waals surface area contributed by atoms with E-state index in [2.05, 4.69) is 25.6 Å². The number of hydrogen-bond donors (Lipinski definition) is 1. The van der Waals surface area contributed by atoms with E-state index in [0.29, 0.717) is 0 Å². The highest BCUT2D eigenvalue weighted by Crippen LogP contribution is 2.11. The number of benzene rings is 1. The molecule has 0 aromatic heterocycles. The summed E-state index contributed by atoms with van der Waals surface area (Å²) < 4.78 is 37.1. The van der Waals surface area contributed by atoms with E-state index in [1.54, 1.807) is 18.2 Å². The summed E-state index contributed by atoms with van der Waals surface area (Å²) in [5.41, 5.74) is 0. The zero-order chi connectivity index (χ0) is 12.0. The van der Waals surface area contributed by atoms with Gasteiger partial charge in [-0.2, -0.15) is 4.94 Å². The van der Waals surface area contributed by atoms with Gasteiger partial charge in [0.1, 0.15) is 6.61 Å². The Morgan fingerprint density at radius 1 is 1.44 bits per heavy atom. The average molecular weight is 310 g/mol. The molecule has 0 amide bonds. The first-order valence-corrected chi connectivity index (χ1v) is 6.51. The first-order chi connectivity index (χ1) is 7.56. The lowest BCUT2D eigenvalue weighted by Crippen LogP contribution is -2.20. The molecule has 0 aliphatic heterocycles. The summed E-state index contributed by atoms with van der Waals surface area (Å²) >= 11 is 2.94. The van der Waals surface area contributed by atoms with Gasteiger partial charge in [-0.25, -0.2) is 8.42 Å². The first-order valence-electron chi connectivity index (χ1n) is 4.23. The molecule has 0 radical (unpaired) electrons. The molecule has 0 heterocycles. The van der Waals surface area contributed by atoms with Crippen LogP contribution in [0.3, 0.4) is 0 Å². The second-order valence-corrected chi connectivity index (χ2v) is 5.28. The molecule has 0 aliphatic carbocycles. The first kappa shape index (κ1) is 13.1. The van der Waals surface area contributed by atoms with Crippen LogP contribution < -0.4 is 4.72 Å². The van der Waals surface area contributed by atoms with Gasteiger partial charge in [-0.1, -0.05) is 18.2 Å². The van der Waals surface area contributed by atoms with Crippen molar-refractivity contribution in [2.45, 2.75) is 4.90 Å². The van der Waals surface area contributed by atoms with Gasteiger partial charge in [-0.05, 0) is 38.7 Å². The summed E-state index contributed by atoms with van der Waals surface area (Å²) in [6, 6.07) is 7.83. The van der Waals surface area contributed by atoms with Crippen LogP contribution in [-0.2, 0) is 15.0 Å². The third kappa shape index (κ3) is 3.92. The van der Waals surface area contributed by atoms with Crippen molar-refractivity contribution in [2.24, 2.45) is 0 Å². The quantitative estimate of drug-likeness (QED) is 0.848. The second kappa shape index (κ2) is 5.97. The van der Waals surface area contributed by atoms with E-state index < -0.39 is 10.0 Å². The zero-order valence-electron chi connectivity index (χ0n) is 8.06. The van der Waals surface area contributed by atoms with Crippen LogP contribution in [0.1, 0.15) is 0 Å². The molecular weight excluding hydrogens is 301 g/mol. The lowest BCUT2D eigenvalue weighted by molar-refractivity contribution is -0.118. The van der Waals surface area contributed by atoms with Gasteiger partial charge < -0.3 is 0 Å². The highest BCUT2D eigenvalue weighted by molar-refractivity contribution is 9.11. The number of rotatable bonds is 5. The number of halogens is 2. The van der Waals surface area contributed by atoms with Gasteiger partial charge in [-0.3, -0.25) is 4.72 Å². The Hall–Kier alpha value is -0.920. The van der Waals surface area contributed by atoms with Crippen LogP contribution in [0.5, 0.6) is 0 Å². The molecule has 1 aromatic carbocycles.